The second-order valence-corrected chi connectivity index (χ2v) is 6.91. The molecule has 146 valence electrons. The van der Waals surface area contributed by atoms with Crippen molar-refractivity contribution in [3.8, 4) is 0 Å². The highest BCUT2D eigenvalue weighted by Crippen LogP contribution is 2.22. The lowest BCUT2D eigenvalue weighted by Gasteiger charge is -2.21. The van der Waals surface area contributed by atoms with Crippen LogP contribution in [-0.4, -0.2) is 47.7 Å². The zero-order chi connectivity index (χ0) is 20.1. The number of likely N-dealkylation sites (N-methyl/N-ethyl adjacent to an activating group) is 1. The first-order valence-corrected chi connectivity index (χ1v) is 9.04. The molecule has 0 spiro atoms. The van der Waals surface area contributed by atoms with Crippen LogP contribution >= 0.6 is 0 Å². The number of hydrogen-bond acceptors (Lipinski definition) is 3. The minimum absolute atomic E-state index is 0.0696. The van der Waals surface area contributed by atoms with Gasteiger partial charge in [0.25, 0.3) is 0 Å². The van der Waals surface area contributed by atoms with E-state index in [0.717, 1.165) is 5.56 Å². The Balaban J connectivity index is 1.53. The number of amides is 3. The third-order valence-electron chi connectivity index (χ3n) is 4.65. The van der Waals surface area contributed by atoms with Crippen molar-refractivity contribution in [3.63, 3.8) is 0 Å². The Morgan fingerprint density at radius 3 is 2.64 bits per heavy atom. The van der Waals surface area contributed by atoms with E-state index in [0.29, 0.717) is 18.8 Å². The number of halogens is 1. The molecule has 2 aromatic rings. The van der Waals surface area contributed by atoms with Gasteiger partial charge in [0.15, 0.2) is 0 Å². The summed E-state index contributed by atoms with van der Waals surface area (Å²) in [5, 5.41) is 2.56. The van der Waals surface area contributed by atoms with E-state index < -0.39 is 17.6 Å². The van der Waals surface area contributed by atoms with Crippen molar-refractivity contribution in [3.05, 3.63) is 66.0 Å². The predicted molar refractivity (Wildman–Crippen MR) is 103 cm³/mol. The Morgan fingerprint density at radius 1 is 1.18 bits per heavy atom. The third-order valence-corrected chi connectivity index (χ3v) is 4.65. The fourth-order valence-corrected chi connectivity index (χ4v) is 3.27. The standard InChI is InChI=1S/C21H22FN3O3/c1-24(14-19(26)23-18-9-5-8-17(22)11-18)21(28)16-10-20(27)25(13-16)12-15-6-3-2-4-7-15/h2-9,11,16H,10,12-14H2,1H3,(H,23,26)/t16-/m1/s1. The molecule has 1 saturated heterocycles. The SMILES string of the molecule is CN(CC(=O)Nc1cccc(F)c1)C(=O)[C@@H]1CC(=O)N(Cc2ccccc2)C1. The van der Waals surface area contributed by atoms with Gasteiger partial charge in [-0.25, -0.2) is 4.39 Å². The van der Waals surface area contributed by atoms with E-state index in [9.17, 15) is 18.8 Å². The Bertz CT molecular complexity index is 872. The van der Waals surface area contributed by atoms with E-state index in [1.165, 1.54) is 30.1 Å². The summed E-state index contributed by atoms with van der Waals surface area (Å²) in [4.78, 5) is 40.0. The summed E-state index contributed by atoms with van der Waals surface area (Å²) in [5.41, 5.74) is 1.34. The van der Waals surface area contributed by atoms with E-state index >= 15 is 0 Å². The van der Waals surface area contributed by atoms with Crippen LogP contribution in [0.2, 0.25) is 0 Å². The number of likely N-dealkylation sites (tertiary alicyclic amines) is 1. The van der Waals surface area contributed by atoms with Crippen molar-refractivity contribution < 1.29 is 18.8 Å². The zero-order valence-corrected chi connectivity index (χ0v) is 15.6. The molecule has 1 aliphatic rings. The molecule has 1 atom stereocenters. The molecule has 3 rings (SSSR count). The topological polar surface area (TPSA) is 69.7 Å². The number of carbonyl (C=O) groups is 3. The molecule has 0 saturated carbocycles. The molecular weight excluding hydrogens is 361 g/mol. The Hall–Kier alpha value is -3.22. The number of hydrogen-bond donors (Lipinski definition) is 1. The summed E-state index contributed by atoms with van der Waals surface area (Å²) in [6, 6.07) is 15.1. The number of benzene rings is 2. The largest absolute Gasteiger partial charge is 0.338 e. The van der Waals surface area contributed by atoms with Crippen molar-refractivity contribution in [1.82, 2.24) is 9.80 Å². The molecule has 1 heterocycles. The molecule has 1 N–H and O–H groups in total. The van der Waals surface area contributed by atoms with Gasteiger partial charge < -0.3 is 15.1 Å². The van der Waals surface area contributed by atoms with Crippen LogP contribution in [0, 0.1) is 11.7 Å². The molecule has 0 bridgehead atoms. The highest BCUT2D eigenvalue weighted by molar-refractivity contribution is 5.96. The number of nitrogens with zero attached hydrogens (tertiary/aromatic N) is 2. The molecule has 28 heavy (non-hydrogen) atoms. The predicted octanol–water partition coefficient (Wildman–Crippen LogP) is 2.27. The monoisotopic (exact) mass is 383 g/mol. The molecule has 0 unspecified atom stereocenters. The number of nitrogens with one attached hydrogen (secondary N) is 1. The third kappa shape index (κ3) is 4.94. The summed E-state index contributed by atoms with van der Waals surface area (Å²) < 4.78 is 13.2. The second-order valence-electron chi connectivity index (χ2n) is 6.91. The van der Waals surface area contributed by atoms with Crippen molar-refractivity contribution >= 4 is 23.4 Å². The average molecular weight is 383 g/mol. The summed E-state index contributed by atoms with van der Waals surface area (Å²) in [6.45, 7) is 0.633. The van der Waals surface area contributed by atoms with Gasteiger partial charge in [-0.15, -0.1) is 0 Å². The highest BCUT2D eigenvalue weighted by Gasteiger charge is 2.35. The summed E-state index contributed by atoms with van der Waals surface area (Å²) in [7, 11) is 1.53. The van der Waals surface area contributed by atoms with E-state index in [4.69, 9.17) is 0 Å². The molecule has 0 aliphatic carbocycles. The fraction of sp³-hybridized carbons (Fsp3) is 0.286. The average Bonchev–Trinajstić information content (AvgIpc) is 3.02. The van der Waals surface area contributed by atoms with Crippen LogP contribution in [0.15, 0.2) is 54.6 Å². The summed E-state index contributed by atoms with van der Waals surface area (Å²) in [6.07, 6.45) is 0.140. The zero-order valence-electron chi connectivity index (χ0n) is 15.6. The maximum atomic E-state index is 13.2. The Morgan fingerprint density at radius 2 is 1.93 bits per heavy atom. The van der Waals surface area contributed by atoms with Crippen LogP contribution in [0.1, 0.15) is 12.0 Å². The molecule has 2 aromatic carbocycles. The van der Waals surface area contributed by atoms with Crippen LogP contribution in [0.25, 0.3) is 0 Å². The molecular formula is C21H22FN3O3. The molecule has 3 amide bonds. The van der Waals surface area contributed by atoms with Gasteiger partial charge in [0, 0.05) is 32.2 Å². The van der Waals surface area contributed by atoms with Crippen LogP contribution in [0.3, 0.4) is 0 Å². The van der Waals surface area contributed by atoms with Crippen LogP contribution in [0.5, 0.6) is 0 Å². The van der Waals surface area contributed by atoms with Crippen molar-refractivity contribution in [1.29, 1.82) is 0 Å². The maximum Gasteiger partial charge on any atom is 0.243 e. The highest BCUT2D eigenvalue weighted by atomic mass is 19.1. The minimum Gasteiger partial charge on any atom is -0.338 e. The first-order chi connectivity index (χ1) is 13.4. The quantitative estimate of drug-likeness (QED) is 0.832. The molecule has 1 fully saturated rings. The fourth-order valence-electron chi connectivity index (χ4n) is 3.27. The summed E-state index contributed by atoms with van der Waals surface area (Å²) in [5.74, 6) is -1.67. The first-order valence-electron chi connectivity index (χ1n) is 9.04. The first kappa shape index (κ1) is 19.5. The van der Waals surface area contributed by atoms with Crippen molar-refractivity contribution in [2.24, 2.45) is 5.92 Å². The lowest BCUT2D eigenvalue weighted by atomic mass is 10.1. The smallest absolute Gasteiger partial charge is 0.243 e. The van der Waals surface area contributed by atoms with Gasteiger partial charge >= 0.3 is 0 Å². The lowest BCUT2D eigenvalue weighted by molar-refractivity contribution is -0.137. The molecule has 6 nitrogen and oxygen atoms in total. The van der Waals surface area contributed by atoms with Crippen LogP contribution < -0.4 is 5.32 Å². The van der Waals surface area contributed by atoms with Gasteiger partial charge in [-0.2, -0.15) is 0 Å². The molecule has 1 aliphatic heterocycles. The van der Waals surface area contributed by atoms with E-state index in [1.54, 1.807) is 11.0 Å². The number of carbonyl (C=O) groups excluding carboxylic acids is 3. The Kier molecular flexibility index (Phi) is 6.03. The molecule has 0 radical (unpaired) electrons. The number of anilines is 1. The normalized spacial score (nSPS) is 16.1. The van der Waals surface area contributed by atoms with Gasteiger partial charge in [-0.3, -0.25) is 14.4 Å². The van der Waals surface area contributed by atoms with E-state index in [1.807, 2.05) is 30.3 Å². The van der Waals surface area contributed by atoms with Gasteiger partial charge in [-0.05, 0) is 23.8 Å². The van der Waals surface area contributed by atoms with Gasteiger partial charge in [0.2, 0.25) is 17.7 Å². The van der Waals surface area contributed by atoms with Gasteiger partial charge in [0.05, 0.1) is 12.5 Å². The van der Waals surface area contributed by atoms with Crippen LogP contribution in [0.4, 0.5) is 10.1 Å². The van der Waals surface area contributed by atoms with E-state index in [-0.39, 0.29) is 24.8 Å². The molecule has 0 aromatic heterocycles. The number of rotatable bonds is 6. The van der Waals surface area contributed by atoms with Crippen molar-refractivity contribution in [2.45, 2.75) is 13.0 Å². The maximum absolute atomic E-state index is 13.2. The van der Waals surface area contributed by atoms with E-state index in [2.05, 4.69) is 5.32 Å². The summed E-state index contributed by atoms with van der Waals surface area (Å²) >= 11 is 0. The second kappa shape index (κ2) is 8.65. The van der Waals surface area contributed by atoms with Gasteiger partial charge in [0.1, 0.15) is 5.82 Å². The Labute approximate surface area is 162 Å². The lowest BCUT2D eigenvalue weighted by Crippen LogP contribution is -2.39. The molecule has 7 heteroatoms. The van der Waals surface area contributed by atoms with Gasteiger partial charge in [-0.1, -0.05) is 36.4 Å². The minimum atomic E-state index is -0.469. The van der Waals surface area contributed by atoms with Crippen LogP contribution in [-0.2, 0) is 20.9 Å². The van der Waals surface area contributed by atoms with Crippen molar-refractivity contribution in [2.75, 3.05) is 25.5 Å².